The molecule has 5 nitrogen and oxygen atoms in total. The van der Waals surface area contributed by atoms with Crippen LogP contribution in [0, 0.1) is 27.7 Å². The number of para-hydroxylation sites is 2. The van der Waals surface area contributed by atoms with Gasteiger partial charge in [-0.2, -0.15) is 0 Å². The fourth-order valence-corrected chi connectivity index (χ4v) is 6.11. The molecule has 0 amide bonds. The third kappa shape index (κ3) is 4.81. The van der Waals surface area contributed by atoms with Crippen LogP contribution in [0.15, 0.2) is 103 Å². The van der Waals surface area contributed by atoms with Crippen LogP contribution in [0.3, 0.4) is 0 Å². The van der Waals surface area contributed by atoms with Crippen molar-refractivity contribution in [3.05, 3.63) is 148 Å². The summed E-state index contributed by atoms with van der Waals surface area (Å²) in [5.41, 5.74) is 11.7. The second-order valence-electron chi connectivity index (χ2n) is 11.5. The second kappa shape index (κ2) is 11.0. The summed E-state index contributed by atoms with van der Waals surface area (Å²) in [5.74, 6) is -0.314. The Bertz CT molecular complexity index is 1730. The van der Waals surface area contributed by atoms with Gasteiger partial charge in [-0.15, -0.1) is 0 Å². The molecule has 1 aliphatic rings. The van der Waals surface area contributed by atoms with Crippen LogP contribution in [0.2, 0.25) is 0 Å². The highest BCUT2D eigenvalue weighted by molar-refractivity contribution is 5.98. The molecule has 5 aromatic carbocycles. The predicted molar refractivity (Wildman–Crippen MR) is 177 cm³/mol. The van der Waals surface area contributed by atoms with E-state index in [0.717, 1.165) is 67.4 Å². The number of hydrogen-bond donors (Lipinski definition) is 2. The van der Waals surface area contributed by atoms with Crippen molar-refractivity contribution < 1.29 is 9.53 Å². The maximum Gasteiger partial charge on any atom is 0.340 e. The van der Waals surface area contributed by atoms with Crippen LogP contribution in [-0.4, -0.2) is 20.1 Å². The van der Waals surface area contributed by atoms with Gasteiger partial charge in [0, 0.05) is 59.2 Å². The van der Waals surface area contributed by atoms with Crippen LogP contribution in [0.5, 0.6) is 0 Å². The molecule has 0 saturated heterocycles. The number of ether oxygens (including phenoxy) is 1. The molecule has 1 aliphatic heterocycles. The Labute approximate surface area is 254 Å². The number of nitrogens with zero attached hydrogens (tertiary/aromatic N) is 1. The van der Waals surface area contributed by atoms with Gasteiger partial charge in [0.05, 0.1) is 5.56 Å². The van der Waals surface area contributed by atoms with Gasteiger partial charge in [0.2, 0.25) is 0 Å². The molecule has 1 heterocycles. The molecule has 5 heteroatoms. The standard InChI is InChI=1S/C38H37N3O2/c1-24-26(3)35(39-28-13-9-7-10-14-28)21-19-32(24)38(34-18-17-30(41(5)6)23-31(34)37(42)43-38)33-20-22-36(27(4)25(33)2)40-29-15-11-8-12-16-29/h7-23,39-40H,1-6H3. The Morgan fingerprint density at radius 3 is 1.51 bits per heavy atom. The normalized spacial score (nSPS) is 13.3. The zero-order valence-corrected chi connectivity index (χ0v) is 25.6. The largest absolute Gasteiger partial charge is 0.441 e. The summed E-state index contributed by atoms with van der Waals surface area (Å²) < 4.78 is 6.62. The number of carbonyl (C=O) groups excluding carboxylic acids is 1. The lowest BCUT2D eigenvalue weighted by Gasteiger charge is -2.34. The number of fused-ring (bicyclic) bond motifs is 1. The van der Waals surface area contributed by atoms with Crippen LogP contribution in [0.1, 0.15) is 49.3 Å². The van der Waals surface area contributed by atoms with E-state index in [9.17, 15) is 4.79 Å². The van der Waals surface area contributed by atoms with Crippen LogP contribution in [-0.2, 0) is 10.3 Å². The minimum atomic E-state index is -1.10. The Kier molecular flexibility index (Phi) is 7.18. The molecule has 5 aromatic rings. The first-order chi connectivity index (χ1) is 20.7. The topological polar surface area (TPSA) is 53.6 Å². The summed E-state index contributed by atoms with van der Waals surface area (Å²) in [7, 11) is 3.96. The Hall–Kier alpha value is -5.03. The maximum atomic E-state index is 13.7. The highest BCUT2D eigenvalue weighted by atomic mass is 16.6. The van der Waals surface area contributed by atoms with E-state index in [1.165, 1.54) is 0 Å². The molecule has 0 atom stereocenters. The molecule has 216 valence electrons. The minimum Gasteiger partial charge on any atom is -0.441 e. The Morgan fingerprint density at radius 2 is 1.05 bits per heavy atom. The third-order valence-electron chi connectivity index (χ3n) is 8.80. The van der Waals surface area contributed by atoms with Gasteiger partial charge in [-0.05, 0) is 98.5 Å². The molecule has 0 aromatic heterocycles. The van der Waals surface area contributed by atoms with Crippen molar-refractivity contribution in [1.29, 1.82) is 0 Å². The number of cyclic esters (lactones) is 1. The van der Waals surface area contributed by atoms with E-state index in [1.807, 2.05) is 61.5 Å². The lowest BCUT2D eigenvalue weighted by atomic mass is 9.75. The molecule has 0 saturated carbocycles. The number of carbonyl (C=O) groups is 1. The number of hydrogen-bond acceptors (Lipinski definition) is 5. The van der Waals surface area contributed by atoms with Gasteiger partial charge < -0.3 is 20.3 Å². The first-order valence-electron chi connectivity index (χ1n) is 14.6. The van der Waals surface area contributed by atoms with E-state index in [0.29, 0.717) is 5.56 Å². The molecular formula is C38H37N3O2. The number of rotatable bonds is 7. The summed E-state index contributed by atoms with van der Waals surface area (Å²) >= 11 is 0. The van der Waals surface area contributed by atoms with Crippen molar-refractivity contribution in [3.63, 3.8) is 0 Å². The number of anilines is 5. The molecule has 0 fully saturated rings. The van der Waals surface area contributed by atoms with E-state index in [1.54, 1.807) is 0 Å². The van der Waals surface area contributed by atoms with Gasteiger partial charge in [-0.25, -0.2) is 4.79 Å². The van der Waals surface area contributed by atoms with Crippen molar-refractivity contribution >= 4 is 34.4 Å². The number of nitrogens with one attached hydrogen (secondary N) is 2. The molecule has 2 N–H and O–H groups in total. The minimum absolute atomic E-state index is 0.314. The van der Waals surface area contributed by atoms with Crippen molar-refractivity contribution in [2.45, 2.75) is 33.3 Å². The summed E-state index contributed by atoms with van der Waals surface area (Å²) in [4.78, 5) is 15.8. The predicted octanol–water partition coefficient (Wildman–Crippen LogP) is 8.94. The highest BCUT2D eigenvalue weighted by Crippen LogP contribution is 2.51. The molecule has 0 aliphatic carbocycles. The summed E-state index contributed by atoms with van der Waals surface area (Å²) in [6, 6.07) is 34.8. The fourth-order valence-electron chi connectivity index (χ4n) is 6.11. The van der Waals surface area contributed by atoms with Gasteiger partial charge in [-0.3, -0.25) is 0 Å². The van der Waals surface area contributed by atoms with Crippen LogP contribution < -0.4 is 15.5 Å². The average molecular weight is 568 g/mol. The molecule has 6 rings (SSSR count). The van der Waals surface area contributed by atoms with Crippen molar-refractivity contribution in [1.82, 2.24) is 0 Å². The summed E-state index contributed by atoms with van der Waals surface area (Å²) in [5, 5.41) is 7.12. The summed E-state index contributed by atoms with van der Waals surface area (Å²) in [6.07, 6.45) is 0. The van der Waals surface area contributed by atoms with Crippen LogP contribution in [0.25, 0.3) is 0 Å². The Morgan fingerprint density at radius 1 is 0.581 bits per heavy atom. The fraction of sp³-hybridized carbons (Fsp3) is 0.184. The number of esters is 1. The van der Waals surface area contributed by atoms with E-state index in [-0.39, 0.29) is 5.97 Å². The lowest BCUT2D eigenvalue weighted by molar-refractivity contribution is 0.0248. The highest BCUT2D eigenvalue weighted by Gasteiger charge is 2.50. The summed E-state index contributed by atoms with van der Waals surface area (Å²) in [6.45, 7) is 8.48. The molecule has 0 bridgehead atoms. The van der Waals surface area contributed by atoms with E-state index < -0.39 is 5.60 Å². The van der Waals surface area contributed by atoms with E-state index >= 15 is 0 Å². The first-order valence-corrected chi connectivity index (χ1v) is 14.6. The van der Waals surface area contributed by atoms with Crippen molar-refractivity contribution in [2.75, 3.05) is 29.6 Å². The van der Waals surface area contributed by atoms with E-state index in [4.69, 9.17) is 4.74 Å². The van der Waals surface area contributed by atoms with Gasteiger partial charge in [0.25, 0.3) is 0 Å². The molecular weight excluding hydrogens is 530 g/mol. The number of benzene rings is 5. The third-order valence-corrected chi connectivity index (χ3v) is 8.80. The van der Waals surface area contributed by atoms with Gasteiger partial charge in [-0.1, -0.05) is 54.6 Å². The second-order valence-corrected chi connectivity index (χ2v) is 11.5. The smallest absolute Gasteiger partial charge is 0.340 e. The molecule has 0 spiro atoms. The molecule has 43 heavy (non-hydrogen) atoms. The quantitative estimate of drug-likeness (QED) is 0.192. The van der Waals surface area contributed by atoms with Crippen molar-refractivity contribution in [3.8, 4) is 0 Å². The monoisotopic (exact) mass is 567 g/mol. The zero-order chi connectivity index (χ0) is 30.3. The van der Waals surface area contributed by atoms with Crippen LogP contribution >= 0.6 is 0 Å². The average Bonchev–Trinajstić information content (AvgIpc) is 3.31. The van der Waals surface area contributed by atoms with Gasteiger partial charge in [0.1, 0.15) is 0 Å². The SMILES string of the molecule is Cc1c(Nc2ccccc2)ccc(C2(c3ccc(Nc4ccccc4)c(C)c3C)OC(=O)c3cc(N(C)C)ccc32)c1C. The van der Waals surface area contributed by atoms with Crippen molar-refractivity contribution in [2.24, 2.45) is 0 Å². The van der Waals surface area contributed by atoms with E-state index in [2.05, 4.69) is 99.0 Å². The zero-order valence-electron chi connectivity index (χ0n) is 25.6. The Balaban J connectivity index is 1.55. The molecule has 0 radical (unpaired) electrons. The lowest BCUT2D eigenvalue weighted by Crippen LogP contribution is -2.32. The van der Waals surface area contributed by atoms with Crippen LogP contribution in [0.4, 0.5) is 28.4 Å². The van der Waals surface area contributed by atoms with Gasteiger partial charge in [0.15, 0.2) is 5.60 Å². The molecule has 0 unspecified atom stereocenters. The van der Waals surface area contributed by atoms with Gasteiger partial charge >= 0.3 is 5.97 Å². The first kappa shape index (κ1) is 28.1. The maximum absolute atomic E-state index is 13.7.